The monoisotopic (exact) mass is 241 g/mol. The Hall–Kier alpha value is -0.0800. The Morgan fingerprint density at radius 3 is 2.41 bits per heavy atom. The third-order valence-electron chi connectivity index (χ3n) is 4.38. The first-order chi connectivity index (χ1) is 7.97. The van der Waals surface area contributed by atoms with Crippen LogP contribution in [0.15, 0.2) is 0 Å². The summed E-state index contributed by atoms with van der Waals surface area (Å²) in [6, 6.07) is 0.922. The van der Waals surface area contributed by atoms with Gasteiger partial charge in [-0.05, 0) is 43.4 Å². The van der Waals surface area contributed by atoms with Gasteiger partial charge >= 0.3 is 0 Å². The standard InChI is InChI=1S/C15H31NO/c1-5-13(11-17)16-14-8-6-7-12(9-10-14)15(2,3)4/h12-14,16-17H,5-11H2,1-4H3/t12?,13-,14?/m0/s1. The van der Waals surface area contributed by atoms with E-state index in [1.54, 1.807) is 0 Å². The van der Waals surface area contributed by atoms with Crippen molar-refractivity contribution in [1.82, 2.24) is 5.32 Å². The van der Waals surface area contributed by atoms with E-state index in [0.717, 1.165) is 12.3 Å². The molecule has 17 heavy (non-hydrogen) atoms. The van der Waals surface area contributed by atoms with Crippen LogP contribution in [0.5, 0.6) is 0 Å². The molecular formula is C15H31NO. The summed E-state index contributed by atoms with van der Waals surface area (Å²) in [4.78, 5) is 0. The van der Waals surface area contributed by atoms with Crippen LogP contribution in [0, 0.1) is 11.3 Å². The number of nitrogens with one attached hydrogen (secondary N) is 1. The van der Waals surface area contributed by atoms with Gasteiger partial charge in [-0.3, -0.25) is 0 Å². The van der Waals surface area contributed by atoms with E-state index in [0.29, 0.717) is 17.5 Å². The second kappa shape index (κ2) is 6.75. The van der Waals surface area contributed by atoms with Gasteiger partial charge in [-0.1, -0.05) is 34.1 Å². The molecule has 1 saturated carbocycles. The highest BCUT2D eigenvalue weighted by molar-refractivity contribution is 4.82. The largest absolute Gasteiger partial charge is 0.395 e. The van der Waals surface area contributed by atoms with Crippen LogP contribution >= 0.6 is 0 Å². The van der Waals surface area contributed by atoms with Crippen molar-refractivity contribution in [1.29, 1.82) is 0 Å². The van der Waals surface area contributed by atoms with Crippen molar-refractivity contribution in [2.75, 3.05) is 6.61 Å². The maximum atomic E-state index is 9.25. The molecule has 2 heteroatoms. The smallest absolute Gasteiger partial charge is 0.0584 e. The molecule has 0 aromatic heterocycles. The summed E-state index contributed by atoms with van der Waals surface area (Å²) in [7, 11) is 0. The zero-order valence-electron chi connectivity index (χ0n) is 12.1. The average molecular weight is 241 g/mol. The van der Waals surface area contributed by atoms with Crippen molar-refractivity contribution >= 4 is 0 Å². The van der Waals surface area contributed by atoms with Gasteiger partial charge in [0.1, 0.15) is 0 Å². The normalized spacial score (nSPS) is 28.8. The van der Waals surface area contributed by atoms with E-state index in [1.165, 1.54) is 32.1 Å². The molecule has 0 bridgehead atoms. The maximum absolute atomic E-state index is 9.25. The van der Waals surface area contributed by atoms with Gasteiger partial charge < -0.3 is 10.4 Å². The van der Waals surface area contributed by atoms with Crippen molar-refractivity contribution in [3.8, 4) is 0 Å². The summed E-state index contributed by atoms with van der Waals surface area (Å²) >= 11 is 0. The van der Waals surface area contributed by atoms with Crippen LogP contribution < -0.4 is 5.32 Å². The molecule has 0 heterocycles. The molecular weight excluding hydrogens is 210 g/mol. The number of hydrogen-bond acceptors (Lipinski definition) is 2. The molecule has 0 saturated heterocycles. The lowest BCUT2D eigenvalue weighted by Crippen LogP contribution is -2.40. The Morgan fingerprint density at radius 1 is 1.18 bits per heavy atom. The van der Waals surface area contributed by atoms with Crippen LogP contribution in [0.3, 0.4) is 0 Å². The van der Waals surface area contributed by atoms with Crippen molar-refractivity contribution < 1.29 is 5.11 Å². The van der Waals surface area contributed by atoms with Gasteiger partial charge in [-0.2, -0.15) is 0 Å². The fraction of sp³-hybridized carbons (Fsp3) is 1.00. The van der Waals surface area contributed by atoms with E-state index in [-0.39, 0.29) is 6.61 Å². The predicted octanol–water partition coefficient (Wildman–Crippen LogP) is 3.34. The summed E-state index contributed by atoms with van der Waals surface area (Å²) < 4.78 is 0. The molecule has 0 aromatic rings. The number of aliphatic hydroxyl groups excluding tert-OH is 1. The lowest BCUT2D eigenvalue weighted by Gasteiger charge is -2.30. The van der Waals surface area contributed by atoms with Gasteiger partial charge in [0.15, 0.2) is 0 Å². The molecule has 3 atom stereocenters. The molecule has 1 aliphatic carbocycles. The molecule has 1 fully saturated rings. The van der Waals surface area contributed by atoms with Crippen LogP contribution in [0.4, 0.5) is 0 Å². The minimum absolute atomic E-state index is 0.274. The van der Waals surface area contributed by atoms with E-state index in [2.05, 4.69) is 33.0 Å². The molecule has 1 aliphatic rings. The lowest BCUT2D eigenvalue weighted by molar-refractivity contribution is 0.207. The second-order valence-corrected chi connectivity index (χ2v) is 6.72. The Morgan fingerprint density at radius 2 is 1.88 bits per heavy atom. The minimum atomic E-state index is 0.274. The van der Waals surface area contributed by atoms with Gasteiger partial charge in [0.05, 0.1) is 6.61 Å². The zero-order valence-corrected chi connectivity index (χ0v) is 12.1. The molecule has 2 nitrogen and oxygen atoms in total. The summed E-state index contributed by atoms with van der Waals surface area (Å²) in [6.07, 6.45) is 7.62. The van der Waals surface area contributed by atoms with Crippen LogP contribution in [0.2, 0.25) is 0 Å². The van der Waals surface area contributed by atoms with Crippen molar-refractivity contribution in [2.24, 2.45) is 11.3 Å². The van der Waals surface area contributed by atoms with E-state index in [1.807, 2.05) is 0 Å². The Balaban J connectivity index is 2.42. The molecule has 2 N–H and O–H groups in total. The quantitative estimate of drug-likeness (QED) is 0.740. The highest BCUT2D eigenvalue weighted by Crippen LogP contribution is 2.36. The molecule has 102 valence electrons. The Labute approximate surface area is 107 Å². The van der Waals surface area contributed by atoms with E-state index < -0.39 is 0 Å². The molecule has 0 aromatic carbocycles. The summed E-state index contributed by atoms with van der Waals surface area (Å²) in [5.74, 6) is 0.864. The van der Waals surface area contributed by atoms with Gasteiger partial charge in [0, 0.05) is 12.1 Å². The SMILES string of the molecule is CC[C@@H](CO)NC1CCCC(C(C)(C)C)CC1. The highest BCUT2D eigenvalue weighted by Gasteiger charge is 2.28. The van der Waals surface area contributed by atoms with Crippen molar-refractivity contribution in [3.63, 3.8) is 0 Å². The van der Waals surface area contributed by atoms with Crippen LogP contribution in [0.25, 0.3) is 0 Å². The van der Waals surface area contributed by atoms with Gasteiger partial charge in [-0.25, -0.2) is 0 Å². The molecule has 0 radical (unpaired) electrons. The zero-order chi connectivity index (χ0) is 12.9. The summed E-state index contributed by atoms with van der Waals surface area (Å²) in [5, 5.41) is 12.9. The topological polar surface area (TPSA) is 32.3 Å². The molecule has 0 aliphatic heterocycles. The van der Waals surface area contributed by atoms with E-state index in [4.69, 9.17) is 0 Å². The molecule has 1 rings (SSSR count). The summed E-state index contributed by atoms with van der Waals surface area (Å²) in [5.41, 5.74) is 0.454. The second-order valence-electron chi connectivity index (χ2n) is 6.72. The highest BCUT2D eigenvalue weighted by atomic mass is 16.3. The summed E-state index contributed by atoms with van der Waals surface area (Å²) in [6.45, 7) is 9.52. The third-order valence-corrected chi connectivity index (χ3v) is 4.38. The first-order valence-electron chi connectivity index (χ1n) is 7.34. The fourth-order valence-electron chi connectivity index (χ4n) is 2.97. The first-order valence-corrected chi connectivity index (χ1v) is 7.34. The molecule has 0 amide bonds. The van der Waals surface area contributed by atoms with Crippen LogP contribution in [0.1, 0.15) is 66.2 Å². The first kappa shape index (κ1) is 15.0. The van der Waals surface area contributed by atoms with E-state index in [9.17, 15) is 5.11 Å². The minimum Gasteiger partial charge on any atom is -0.395 e. The average Bonchev–Trinajstić information content (AvgIpc) is 2.50. The maximum Gasteiger partial charge on any atom is 0.0584 e. The third kappa shape index (κ3) is 4.97. The number of rotatable bonds is 4. The van der Waals surface area contributed by atoms with Gasteiger partial charge in [0.2, 0.25) is 0 Å². The Bertz CT molecular complexity index is 205. The fourth-order valence-corrected chi connectivity index (χ4v) is 2.97. The number of aliphatic hydroxyl groups is 1. The Kier molecular flexibility index (Phi) is 5.94. The van der Waals surface area contributed by atoms with Crippen molar-refractivity contribution in [2.45, 2.75) is 78.3 Å². The van der Waals surface area contributed by atoms with Crippen LogP contribution in [-0.4, -0.2) is 23.8 Å². The van der Waals surface area contributed by atoms with Gasteiger partial charge in [-0.15, -0.1) is 0 Å². The lowest BCUT2D eigenvalue weighted by atomic mass is 9.76. The van der Waals surface area contributed by atoms with Crippen LogP contribution in [-0.2, 0) is 0 Å². The molecule has 2 unspecified atom stereocenters. The van der Waals surface area contributed by atoms with Gasteiger partial charge in [0.25, 0.3) is 0 Å². The predicted molar refractivity (Wildman–Crippen MR) is 74.1 cm³/mol. The number of hydrogen-bond donors (Lipinski definition) is 2. The van der Waals surface area contributed by atoms with Crippen molar-refractivity contribution in [3.05, 3.63) is 0 Å². The van der Waals surface area contributed by atoms with E-state index >= 15 is 0 Å². The molecule has 0 spiro atoms.